The zero-order chi connectivity index (χ0) is 21.3. The van der Waals surface area contributed by atoms with Crippen molar-refractivity contribution >= 4 is 27.7 Å². The Bertz CT molecular complexity index is 1070. The molecule has 0 atom stereocenters. The Morgan fingerprint density at radius 1 is 0.867 bits per heavy atom. The van der Waals surface area contributed by atoms with Gasteiger partial charge in [-0.25, -0.2) is 0 Å². The molecule has 2 heterocycles. The third-order valence-corrected chi connectivity index (χ3v) is 6.45. The smallest absolute Gasteiger partial charge is 0.255 e. The lowest BCUT2D eigenvalue weighted by Gasteiger charge is -2.35. The van der Waals surface area contributed by atoms with Gasteiger partial charge in [0, 0.05) is 36.2 Å². The summed E-state index contributed by atoms with van der Waals surface area (Å²) in [4.78, 5) is 16.9. The molecular formula is C24H25BrN4O. The van der Waals surface area contributed by atoms with Gasteiger partial charge >= 0.3 is 0 Å². The van der Waals surface area contributed by atoms with Crippen LogP contribution in [0.2, 0.25) is 0 Å². The topological polar surface area (TPSA) is 49.3 Å². The second kappa shape index (κ2) is 8.56. The van der Waals surface area contributed by atoms with E-state index in [0.717, 1.165) is 34.6 Å². The second-order valence-electron chi connectivity index (χ2n) is 7.79. The van der Waals surface area contributed by atoms with Gasteiger partial charge in [0.2, 0.25) is 0 Å². The Hall–Kier alpha value is -2.73. The van der Waals surface area contributed by atoms with Crippen molar-refractivity contribution in [3.8, 4) is 11.3 Å². The van der Waals surface area contributed by atoms with E-state index in [-0.39, 0.29) is 5.91 Å². The molecule has 1 amide bonds. The maximum atomic E-state index is 12.8. The molecule has 0 unspecified atom stereocenters. The molecule has 5 nitrogen and oxygen atoms in total. The fourth-order valence-electron chi connectivity index (χ4n) is 3.82. The number of carbonyl (C=O) groups is 1. The van der Waals surface area contributed by atoms with E-state index >= 15 is 0 Å². The maximum Gasteiger partial charge on any atom is 0.255 e. The maximum absolute atomic E-state index is 12.8. The van der Waals surface area contributed by atoms with E-state index in [1.807, 2.05) is 41.3 Å². The van der Waals surface area contributed by atoms with Crippen LogP contribution < -0.4 is 4.90 Å². The van der Waals surface area contributed by atoms with Crippen LogP contribution in [-0.2, 0) is 0 Å². The van der Waals surface area contributed by atoms with Gasteiger partial charge in [0.1, 0.15) is 0 Å². The lowest BCUT2D eigenvalue weighted by molar-refractivity contribution is 0.0745. The highest BCUT2D eigenvalue weighted by molar-refractivity contribution is 9.10. The molecule has 0 saturated carbocycles. The van der Waals surface area contributed by atoms with Crippen molar-refractivity contribution in [3.05, 3.63) is 75.3 Å². The molecule has 1 aliphatic heterocycles. The molecule has 30 heavy (non-hydrogen) atoms. The molecule has 2 aromatic carbocycles. The van der Waals surface area contributed by atoms with Crippen LogP contribution in [0.3, 0.4) is 0 Å². The summed E-state index contributed by atoms with van der Waals surface area (Å²) < 4.78 is 0.834. The van der Waals surface area contributed by atoms with Crippen LogP contribution in [0.15, 0.2) is 53.0 Å². The first-order valence-electron chi connectivity index (χ1n) is 10.1. The van der Waals surface area contributed by atoms with Gasteiger partial charge in [0.15, 0.2) is 5.82 Å². The van der Waals surface area contributed by atoms with Crippen LogP contribution in [0, 0.1) is 20.8 Å². The van der Waals surface area contributed by atoms with Crippen molar-refractivity contribution in [3.63, 3.8) is 0 Å². The van der Waals surface area contributed by atoms with Gasteiger partial charge in [-0.2, -0.15) is 0 Å². The Kier molecular flexibility index (Phi) is 5.86. The van der Waals surface area contributed by atoms with E-state index in [0.29, 0.717) is 18.7 Å². The SMILES string of the molecule is Cc1cc(C)c(-c2ccc(N3CCN(C(=O)c4ccccc4Br)CC3)nn2)cc1C. The predicted molar refractivity (Wildman–Crippen MR) is 124 cm³/mol. The minimum atomic E-state index is 0.0637. The van der Waals surface area contributed by atoms with Gasteiger partial charge in [-0.05, 0) is 83.7 Å². The molecule has 1 aliphatic rings. The molecule has 0 aliphatic carbocycles. The zero-order valence-electron chi connectivity index (χ0n) is 17.5. The monoisotopic (exact) mass is 464 g/mol. The van der Waals surface area contributed by atoms with Crippen LogP contribution in [-0.4, -0.2) is 47.2 Å². The van der Waals surface area contributed by atoms with Crippen molar-refractivity contribution in [2.24, 2.45) is 0 Å². The number of nitrogens with zero attached hydrogens (tertiary/aromatic N) is 4. The van der Waals surface area contributed by atoms with Gasteiger partial charge in [0.25, 0.3) is 5.91 Å². The van der Waals surface area contributed by atoms with Crippen molar-refractivity contribution < 1.29 is 4.79 Å². The molecule has 1 aromatic heterocycles. The van der Waals surface area contributed by atoms with Gasteiger partial charge in [0.05, 0.1) is 11.3 Å². The minimum absolute atomic E-state index is 0.0637. The molecule has 0 radical (unpaired) electrons. The quantitative estimate of drug-likeness (QED) is 0.558. The highest BCUT2D eigenvalue weighted by Gasteiger charge is 2.24. The van der Waals surface area contributed by atoms with Crippen LogP contribution in [0.5, 0.6) is 0 Å². The number of piperazine rings is 1. The molecule has 1 fully saturated rings. The zero-order valence-corrected chi connectivity index (χ0v) is 19.1. The van der Waals surface area contributed by atoms with Gasteiger partial charge < -0.3 is 9.80 Å². The number of carbonyl (C=O) groups excluding carboxylic acids is 1. The first-order chi connectivity index (χ1) is 14.4. The molecule has 0 spiro atoms. The Morgan fingerprint density at radius 2 is 1.57 bits per heavy atom. The Labute approximate surface area is 185 Å². The van der Waals surface area contributed by atoms with Crippen molar-refractivity contribution in [1.82, 2.24) is 15.1 Å². The summed E-state index contributed by atoms with van der Waals surface area (Å²) in [5, 5.41) is 8.97. The molecule has 4 rings (SSSR count). The fourth-order valence-corrected chi connectivity index (χ4v) is 4.27. The van der Waals surface area contributed by atoms with Crippen LogP contribution in [0.25, 0.3) is 11.3 Å². The number of benzene rings is 2. The number of rotatable bonds is 3. The number of hydrogen-bond acceptors (Lipinski definition) is 4. The molecule has 6 heteroatoms. The van der Waals surface area contributed by atoms with E-state index in [1.165, 1.54) is 16.7 Å². The third-order valence-electron chi connectivity index (χ3n) is 5.76. The third kappa shape index (κ3) is 4.10. The summed E-state index contributed by atoms with van der Waals surface area (Å²) in [6, 6.07) is 16.0. The number of aromatic nitrogens is 2. The molecular weight excluding hydrogens is 440 g/mol. The summed E-state index contributed by atoms with van der Waals surface area (Å²) in [5.74, 6) is 0.919. The predicted octanol–water partition coefficient (Wildman–Crippen LogP) is 4.79. The average molecular weight is 465 g/mol. The first-order valence-corrected chi connectivity index (χ1v) is 10.9. The van der Waals surface area contributed by atoms with E-state index in [1.54, 1.807) is 0 Å². The molecule has 0 N–H and O–H groups in total. The van der Waals surface area contributed by atoms with E-state index in [4.69, 9.17) is 0 Å². The molecule has 1 saturated heterocycles. The Balaban J connectivity index is 1.44. The van der Waals surface area contributed by atoms with Gasteiger partial charge in [-0.1, -0.05) is 18.2 Å². The first kappa shape index (κ1) is 20.5. The Morgan fingerprint density at radius 3 is 2.23 bits per heavy atom. The standard InChI is InChI=1S/C24H25BrN4O/c1-16-14-18(3)20(15-17(16)2)22-8-9-23(27-26-22)28-10-12-29(13-11-28)24(30)19-6-4-5-7-21(19)25/h4-9,14-15H,10-13H2,1-3H3. The lowest BCUT2D eigenvalue weighted by atomic mass is 9.99. The van der Waals surface area contributed by atoms with Crippen molar-refractivity contribution in [2.45, 2.75) is 20.8 Å². The summed E-state index contributed by atoms with van der Waals surface area (Å²) in [7, 11) is 0. The van der Waals surface area contributed by atoms with E-state index in [2.05, 4.69) is 63.9 Å². The second-order valence-corrected chi connectivity index (χ2v) is 8.64. The van der Waals surface area contributed by atoms with E-state index < -0.39 is 0 Å². The van der Waals surface area contributed by atoms with E-state index in [9.17, 15) is 4.79 Å². The fraction of sp³-hybridized carbons (Fsp3) is 0.292. The average Bonchev–Trinajstić information content (AvgIpc) is 2.76. The summed E-state index contributed by atoms with van der Waals surface area (Å²) in [6.45, 7) is 9.18. The van der Waals surface area contributed by atoms with Crippen LogP contribution in [0.1, 0.15) is 27.0 Å². The van der Waals surface area contributed by atoms with Crippen LogP contribution in [0.4, 0.5) is 5.82 Å². The minimum Gasteiger partial charge on any atom is -0.352 e. The summed E-state index contributed by atoms with van der Waals surface area (Å²) in [6.07, 6.45) is 0. The number of halogens is 1. The highest BCUT2D eigenvalue weighted by Crippen LogP contribution is 2.26. The number of anilines is 1. The highest BCUT2D eigenvalue weighted by atomic mass is 79.9. The number of aryl methyl sites for hydroxylation is 3. The lowest BCUT2D eigenvalue weighted by Crippen LogP contribution is -2.49. The van der Waals surface area contributed by atoms with Crippen molar-refractivity contribution in [1.29, 1.82) is 0 Å². The van der Waals surface area contributed by atoms with Crippen LogP contribution >= 0.6 is 15.9 Å². The molecule has 3 aromatic rings. The van der Waals surface area contributed by atoms with Gasteiger partial charge in [-0.3, -0.25) is 4.79 Å². The van der Waals surface area contributed by atoms with Gasteiger partial charge in [-0.15, -0.1) is 10.2 Å². The molecule has 154 valence electrons. The number of amides is 1. The summed E-state index contributed by atoms with van der Waals surface area (Å²) >= 11 is 3.48. The number of hydrogen-bond donors (Lipinski definition) is 0. The normalized spacial score (nSPS) is 14.1. The summed E-state index contributed by atoms with van der Waals surface area (Å²) in [5.41, 5.74) is 6.48. The largest absolute Gasteiger partial charge is 0.352 e. The molecule has 0 bridgehead atoms. The van der Waals surface area contributed by atoms with Crippen molar-refractivity contribution in [2.75, 3.05) is 31.1 Å².